The van der Waals surface area contributed by atoms with Crippen molar-refractivity contribution in [3.05, 3.63) is 64.9 Å². The monoisotopic (exact) mass is 253 g/mol. The van der Waals surface area contributed by atoms with Gasteiger partial charge in [-0.05, 0) is 17.7 Å². The highest BCUT2D eigenvalue weighted by molar-refractivity contribution is 5.36. The standard InChI is InChI=1S/C14H11N3O2/c1-2-5-10(6-3-1)13-16-11-7-4-8-15-12(11)14-17(13)19-9-18-14/h1-8,13H,9H2. The molecule has 3 heterocycles. The van der Waals surface area contributed by atoms with E-state index >= 15 is 0 Å². The van der Waals surface area contributed by atoms with Crippen LogP contribution in [0.5, 0.6) is 0 Å². The average molecular weight is 253 g/mol. The van der Waals surface area contributed by atoms with Crippen LogP contribution in [-0.2, 0) is 9.57 Å². The first-order chi connectivity index (χ1) is 9.43. The first-order valence-corrected chi connectivity index (χ1v) is 6.06. The summed E-state index contributed by atoms with van der Waals surface area (Å²) < 4.78 is 5.53. The molecule has 0 bridgehead atoms. The number of aromatic nitrogens is 1. The van der Waals surface area contributed by atoms with Gasteiger partial charge in [0.05, 0.1) is 5.36 Å². The summed E-state index contributed by atoms with van der Waals surface area (Å²) in [6.07, 6.45) is 1.50. The maximum atomic E-state index is 5.53. The number of rotatable bonds is 1. The summed E-state index contributed by atoms with van der Waals surface area (Å²) in [5.74, 6) is 0.638. The molecule has 1 fully saturated rings. The van der Waals surface area contributed by atoms with Crippen LogP contribution in [0.15, 0.2) is 53.7 Å². The molecule has 94 valence electrons. The summed E-state index contributed by atoms with van der Waals surface area (Å²) in [6, 6.07) is 13.8. The van der Waals surface area contributed by atoms with Crippen molar-refractivity contribution >= 4 is 5.88 Å². The quantitative estimate of drug-likeness (QED) is 0.750. The molecule has 1 atom stereocenters. The van der Waals surface area contributed by atoms with E-state index in [1.807, 2.05) is 42.5 Å². The van der Waals surface area contributed by atoms with Gasteiger partial charge in [-0.15, -0.1) is 0 Å². The lowest BCUT2D eigenvalue weighted by Gasteiger charge is -2.25. The molecule has 0 spiro atoms. The van der Waals surface area contributed by atoms with Crippen molar-refractivity contribution in [1.82, 2.24) is 10.0 Å². The minimum atomic E-state index is -0.226. The molecule has 0 N–H and O–H groups in total. The summed E-state index contributed by atoms with van der Waals surface area (Å²) in [5, 5.41) is 3.24. The number of hydrogen-bond acceptors (Lipinski definition) is 5. The Hall–Kier alpha value is -2.40. The second kappa shape index (κ2) is 4.07. The predicted molar refractivity (Wildman–Crippen MR) is 66.5 cm³/mol. The first kappa shape index (κ1) is 10.5. The van der Waals surface area contributed by atoms with Crippen molar-refractivity contribution in [1.29, 1.82) is 0 Å². The predicted octanol–water partition coefficient (Wildman–Crippen LogP) is 0.701. The van der Waals surface area contributed by atoms with Gasteiger partial charge in [-0.1, -0.05) is 30.3 Å². The van der Waals surface area contributed by atoms with E-state index < -0.39 is 0 Å². The molecule has 0 aliphatic carbocycles. The number of benzene rings is 1. The highest BCUT2D eigenvalue weighted by atomic mass is 16.8. The Bertz CT molecular complexity index is 730. The van der Waals surface area contributed by atoms with E-state index in [1.54, 1.807) is 11.3 Å². The average Bonchev–Trinajstić information content (AvgIpc) is 2.97. The number of hydrogen-bond donors (Lipinski definition) is 0. The maximum Gasteiger partial charge on any atom is 0.247 e. The normalized spacial score (nSPS) is 20.3. The van der Waals surface area contributed by atoms with Crippen molar-refractivity contribution < 1.29 is 9.57 Å². The molecule has 2 aliphatic rings. The smallest absolute Gasteiger partial charge is 0.247 e. The maximum absolute atomic E-state index is 5.53. The number of hydroxylamine groups is 2. The summed E-state index contributed by atoms with van der Waals surface area (Å²) in [4.78, 5) is 14.5. The van der Waals surface area contributed by atoms with Crippen LogP contribution in [0.2, 0.25) is 0 Å². The third kappa shape index (κ3) is 1.59. The molecular formula is C14H11N3O2. The molecule has 0 radical (unpaired) electrons. The number of fused-ring (bicyclic) bond motifs is 2. The Balaban J connectivity index is 1.95. The fourth-order valence-corrected chi connectivity index (χ4v) is 2.30. The van der Waals surface area contributed by atoms with Crippen LogP contribution in [0.25, 0.3) is 5.88 Å². The molecular weight excluding hydrogens is 242 g/mol. The van der Waals surface area contributed by atoms with Crippen molar-refractivity contribution in [2.24, 2.45) is 4.99 Å². The summed E-state index contributed by atoms with van der Waals surface area (Å²) in [6.45, 7) is 0.199. The van der Waals surface area contributed by atoms with Crippen LogP contribution in [-0.4, -0.2) is 16.8 Å². The fraction of sp³-hybridized carbons (Fsp3) is 0.143. The topological polar surface area (TPSA) is 47.0 Å². The SMILES string of the molecule is c1ccc(C2N=c3cccnc3=C3OCON32)cc1. The van der Waals surface area contributed by atoms with Gasteiger partial charge in [0.2, 0.25) is 12.7 Å². The van der Waals surface area contributed by atoms with Crippen LogP contribution in [0.1, 0.15) is 11.7 Å². The lowest BCUT2D eigenvalue weighted by molar-refractivity contribution is -0.124. The second-order valence-corrected chi connectivity index (χ2v) is 4.31. The van der Waals surface area contributed by atoms with Crippen molar-refractivity contribution in [3.63, 3.8) is 0 Å². The van der Waals surface area contributed by atoms with Crippen LogP contribution in [0.4, 0.5) is 0 Å². The van der Waals surface area contributed by atoms with E-state index in [0.717, 1.165) is 16.3 Å². The summed E-state index contributed by atoms with van der Waals surface area (Å²) in [7, 11) is 0. The molecule has 5 nitrogen and oxygen atoms in total. The van der Waals surface area contributed by atoms with Crippen LogP contribution in [0.3, 0.4) is 0 Å². The Kier molecular flexibility index (Phi) is 2.25. The van der Waals surface area contributed by atoms with Crippen LogP contribution in [0, 0.1) is 0 Å². The minimum Gasteiger partial charge on any atom is -0.446 e. The van der Waals surface area contributed by atoms with E-state index in [1.165, 1.54) is 0 Å². The van der Waals surface area contributed by atoms with Crippen LogP contribution >= 0.6 is 0 Å². The van der Waals surface area contributed by atoms with E-state index in [-0.39, 0.29) is 13.0 Å². The molecule has 1 aromatic heterocycles. The highest BCUT2D eigenvalue weighted by Crippen LogP contribution is 2.30. The third-order valence-electron chi connectivity index (χ3n) is 3.16. The summed E-state index contributed by atoms with van der Waals surface area (Å²) >= 11 is 0. The lowest BCUT2D eigenvalue weighted by atomic mass is 10.1. The largest absolute Gasteiger partial charge is 0.446 e. The van der Waals surface area contributed by atoms with E-state index in [9.17, 15) is 0 Å². The fourth-order valence-electron chi connectivity index (χ4n) is 2.30. The van der Waals surface area contributed by atoms with Gasteiger partial charge in [-0.3, -0.25) is 4.99 Å². The van der Waals surface area contributed by atoms with Gasteiger partial charge in [-0.25, -0.2) is 9.82 Å². The van der Waals surface area contributed by atoms with Gasteiger partial charge < -0.3 is 4.74 Å². The zero-order valence-corrected chi connectivity index (χ0v) is 10.1. The first-order valence-electron chi connectivity index (χ1n) is 6.06. The summed E-state index contributed by atoms with van der Waals surface area (Å²) in [5.41, 5.74) is 1.06. The molecule has 2 aliphatic heterocycles. The van der Waals surface area contributed by atoms with Gasteiger partial charge in [0.25, 0.3) is 0 Å². The number of ether oxygens (including phenoxy) is 1. The second-order valence-electron chi connectivity index (χ2n) is 4.31. The van der Waals surface area contributed by atoms with E-state index in [0.29, 0.717) is 5.88 Å². The minimum absolute atomic E-state index is 0.199. The molecule has 2 aromatic rings. The van der Waals surface area contributed by atoms with E-state index in [4.69, 9.17) is 14.6 Å². The Labute approximate surface area is 109 Å². The van der Waals surface area contributed by atoms with Crippen molar-refractivity contribution in [2.75, 3.05) is 6.79 Å². The Morgan fingerprint density at radius 1 is 1.11 bits per heavy atom. The lowest BCUT2D eigenvalue weighted by Crippen LogP contribution is -2.41. The van der Waals surface area contributed by atoms with Gasteiger partial charge in [0.15, 0.2) is 11.5 Å². The molecule has 4 rings (SSSR count). The number of nitrogens with zero attached hydrogens (tertiary/aromatic N) is 3. The highest BCUT2D eigenvalue weighted by Gasteiger charge is 2.33. The van der Waals surface area contributed by atoms with Crippen LogP contribution < -0.4 is 10.7 Å². The Morgan fingerprint density at radius 2 is 2.00 bits per heavy atom. The molecule has 19 heavy (non-hydrogen) atoms. The van der Waals surface area contributed by atoms with Gasteiger partial charge in [0, 0.05) is 6.20 Å². The molecule has 0 amide bonds. The molecule has 5 heteroatoms. The van der Waals surface area contributed by atoms with Gasteiger partial charge >= 0.3 is 0 Å². The molecule has 1 aromatic carbocycles. The van der Waals surface area contributed by atoms with Gasteiger partial charge in [0.1, 0.15) is 0 Å². The van der Waals surface area contributed by atoms with Gasteiger partial charge in [-0.2, -0.15) is 5.06 Å². The van der Waals surface area contributed by atoms with Crippen molar-refractivity contribution in [2.45, 2.75) is 6.17 Å². The zero-order chi connectivity index (χ0) is 12.7. The third-order valence-corrected chi connectivity index (χ3v) is 3.16. The molecule has 1 saturated heterocycles. The molecule has 0 saturated carbocycles. The Morgan fingerprint density at radius 3 is 2.89 bits per heavy atom. The van der Waals surface area contributed by atoms with E-state index in [2.05, 4.69) is 4.98 Å². The molecule has 1 unspecified atom stereocenters. The zero-order valence-electron chi connectivity index (χ0n) is 10.1. The van der Waals surface area contributed by atoms with Crippen molar-refractivity contribution in [3.8, 4) is 0 Å². The number of pyridine rings is 1.